The van der Waals surface area contributed by atoms with Crippen molar-refractivity contribution in [2.75, 3.05) is 5.73 Å². The molecule has 2 aromatic rings. The maximum absolute atomic E-state index is 5.95. The number of aromatic nitrogens is 2. The average Bonchev–Trinajstić information content (AvgIpc) is 2.57. The molecule has 0 radical (unpaired) electrons. The maximum Gasteiger partial charge on any atom is 0.156 e. The van der Waals surface area contributed by atoms with Gasteiger partial charge in [-0.25, -0.2) is 9.97 Å². The molecule has 0 atom stereocenters. The Bertz CT molecular complexity index is 469. The molecule has 6 heteroatoms. The minimum atomic E-state index is 0.250. The summed E-state index contributed by atoms with van der Waals surface area (Å²) in [6.45, 7) is 0. The number of nitrogens with zero attached hydrogens (tertiary/aromatic N) is 2. The van der Waals surface area contributed by atoms with E-state index in [0.29, 0.717) is 16.4 Å². The number of hydrogen-bond donors (Lipinski definition) is 1. The third-order valence-corrected chi connectivity index (χ3v) is 3.32. The average molecular weight is 246 g/mol. The summed E-state index contributed by atoms with van der Waals surface area (Å²) in [7, 11) is 0. The zero-order valence-electron chi connectivity index (χ0n) is 6.87. The van der Waals surface area contributed by atoms with Crippen LogP contribution in [0.15, 0.2) is 17.8 Å². The smallest absolute Gasteiger partial charge is 0.156 e. The van der Waals surface area contributed by atoms with Crippen LogP contribution in [0.3, 0.4) is 0 Å². The summed E-state index contributed by atoms with van der Waals surface area (Å²) in [5.41, 5.74) is 6.68. The molecule has 0 aliphatic heterocycles. The predicted octanol–water partition coefficient (Wildman–Crippen LogP) is 3.09. The third-order valence-electron chi connectivity index (χ3n) is 1.67. The minimum Gasteiger partial charge on any atom is -0.394 e. The molecule has 0 amide bonds. The maximum atomic E-state index is 5.95. The van der Waals surface area contributed by atoms with E-state index in [9.17, 15) is 0 Å². The van der Waals surface area contributed by atoms with Crippen LogP contribution in [0.4, 0.5) is 5.69 Å². The van der Waals surface area contributed by atoms with Gasteiger partial charge in [0, 0.05) is 0 Å². The van der Waals surface area contributed by atoms with Crippen molar-refractivity contribution in [1.29, 1.82) is 0 Å². The molecule has 0 bridgehead atoms. The van der Waals surface area contributed by atoms with Crippen LogP contribution in [0.1, 0.15) is 0 Å². The molecular formula is C8H5Cl2N3S. The minimum absolute atomic E-state index is 0.250. The first-order valence-corrected chi connectivity index (χ1v) is 5.33. The summed E-state index contributed by atoms with van der Waals surface area (Å²) in [6.07, 6.45) is 1.37. The highest BCUT2D eigenvalue weighted by molar-refractivity contribution is 7.14. The summed E-state index contributed by atoms with van der Waals surface area (Å²) in [5.74, 6) is 0. The summed E-state index contributed by atoms with van der Waals surface area (Å²) >= 11 is 13.2. The lowest BCUT2D eigenvalue weighted by molar-refractivity contribution is 1.18. The van der Waals surface area contributed by atoms with E-state index in [4.69, 9.17) is 28.9 Å². The molecule has 2 heterocycles. The Morgan fingerprint density at radius 1 is 1.29 bits per heavy atom. The van der Waals surface area contributed by atoms with Crippen LogP contribution in [0.25, 0.3) is 10.6 Å². The number of thiophene rings is 1. The number of hydrogen-bond acceptors (Lipinski definition) is 4. The van der Waals surface area contributed by atoms with Gasteiger partial charge in [-0.15, -0.1) is 11.3 Å². The van der Waals surface area contributed by atoms with Gasteiger partial charge in [-0.2, -0.15) is 0 Å². The van der Waals surface area contributed by atoms with E-state index in [1.807, 2.05) is 5.38 Å². The van der Waals surface area contributed by atoms with E-state index in [2.05, 4.69) is 9.97 Å². The van der Waals surface area contributed by atoms with E-state index in [1.54, 1.807) is 6.07 Å². The van der Waals surface area contributed by atoms with Gasteiger partial charge in [-0.1, -0.05) is 23.2 Å². The SMILES string of the molecule is Nc1c(Cl)ncnc1-c1sccc1Cl. The normalized spacial score (nSPS) is 10.4. The predicted molar refractivity (Wildman–Crippen MR) is 59.8 cm³/mol. The molecule has 0 saturated carbocycles. The molecule has 0 saturated heterocycles. The molecule has 14 heavy (non-hydrogen) atoms. The molecule has 72 valence electrons. The van der Waals surface area contributed by atoms with Crippen molar-refractivity contribution >= 4 is 40.2 Å². The molecule has 0 unspecified atom stereocenters. The van der Waals surface area contributed by atoms with Crippen molar-refractivity contribution in [3.63, 3.8) is 0 Å². The van der Waals surface area contributed by atoms with Crippen LogP contribution < -0.4 is 5.73 Å². The quantitative estimate of drug-likeness (QED) is 0.786. The number of halogens is 2. The van der Waals surface area contributed by atoms with Gasteiger partial charge in [0.2, 0.25) is 0 Å². The topological polar surface area (TPSA) is 51.8 Å². The van der Waals surface area contributed by atoms with Crippen LogP contribution in [0.5, 0.6) is 0 Å². The van der Waals surface area contributed by atoms with E-state index in [1.165, 1.54) is 17.7 Å². The lowest BCUT2D eigenvalue weighted by atomic mass is 10.3. The van der Waals surface area contributed by atoms with Crippen molar-refractivity contribution in [3.05, 3.63) is 27.9 Å². The summed E-state index contributed by atoms with van der Waals surface area (Å²) in [5, 5.41) is 2.74. The second kappa shape index (κ2) is 3.73. The fraction of sp³-hybridized carbons (Fsp3) is 0. The first-order chi connectivity index (χ1) is 6.70. The molecule has 0 fully saturated rings. The van der Waals surface area contributed by atoms with Gasteiger partial charge in [0.1, 0.15) is 12.0 Å². The third kappa shape index (κ3) is 1.56. The molecule has 0 aromatic carbocycles. The van der Waals surface area contributed by atoms with Gasteiger partial charge in [0.15, 0.2) is 5.15 Å². The largest absolute Gasteiger partial charge is 0.394 e. The first-order valence-electron chi connectivity index (χ1n) is 3.69. The van der Waals surface area contributed by atoms with Crippen molar-refractivity contribution in [2.45, 2.75) is 0 Å². The Hall–Kier alpha value is -0.840. The molecule has 0 aliphatic carbocycles. The van der Waals surface area contributed by atoms with Gasteiger partial charge in [0.05, 0.1) is 15.6 Å². The zero-order chi connectivity index (χ0) is 10.1. The lowest BCUT2D eigenvalue weighted by Gasteiger charge is -2.02. The molecule has 2 rings (SSSR count). The van der Waals surface area contributed by atoms with E-state index in [0.717, 1.165) is 4.88 Å². The Morgan fingerprint density at radius 3 is 2.71 bits per heavy atom. The molecule has 2 aromatic heterocycles. The van der Waals surface area contributed by atoms with Crippen LogP contribution in [0, 0.1) is 0 Å². The van der Waals surface area contributed by atoms with Gasteiger partial charge in [-0.3, -0.25) is 0 Å². The van der Waals surface area contributed by atoms with Crippen LogP contribution in [-0.4, -0.2) is 9.97 Å². The van der Waals surface area contributed by atoms with Crippen LogP contribution >= 0.6 is 34.5 Å². The van der Waals surface area contributed by atoms with Crippen molar-refractivity contribution in [2.24, 2.45) is 0 Å². The van der Waals surface area contributed by atoms with Gasteiger partial charge in [0.25, 0.3) is 0 Å². The first kappa shape index (κ1) is 9.71. The second-order valence-corrected chi connectivity index (χ2v) is 4.21. The fourth-order valence-corrected chi connectivity index (χ4v) is 2.31. The fourth-order valence-electron chi connectivity index (χ4n) is 1.02. The molecular weight excluding hydrogens is 241 g/mol. The highest BCUT2D eigenvalue weighted by atomic mass is 35.5. The molecule has 0 spiro atoms. The number of rotatable bonds is 1. The second-order valence-electron chi connectivity index (χ2n) is 2.52. The molecule has 3 nitrogen and oxygen atoms in total. The lowest BCUT2D eigenvalue weighted by Crippen LogP contribution is -1.95. The van der Waals surface area contributed by atoms with Crippen molar-refractivity contribution in [1.82, 2.24) is 9.97 Å². The van der Waals surface area contributed by atoms with Crippen molar-refractivity contribution < 1.29 is 0 Å². The zero-order valence-corrected chi connectivity index (χ0v) is 9.20. The van der Waals surface area contributed by atoms with E-state index < -0.39 is 0 Å². The van der Waals surface area contributed by atoms with E-state index in [-0.39, 0.29) is 5.15 Å². The summed E-state index contributed by atoms with van der Waals surface area (Å²) < 4.78 is 0. The summed E-state index contributed by atoms with van der Waals surface area (Å²) in [4.78, 5) is 8.63. The van der Waals surface area contributed by atoms with Crippen LogP contribution in [-0.2, 0) is 0 Å². The molecule has 2 N–H and O–H groups in total. The van der Waals surface area contributed by atoms with Gasteiger partial charge >= 0.3 is 0 Å². The number of nitrogen functional groups attached to an aromatic ring is 1. The Morgan fingerprint density at radius 2 is 2.07 bits per heavy atom. The Balaban J connectivity index is 2.63. The number of anilines is 1. The highest BCUT2D eigenvalue weighted by Crippen LogP contribution is 2.36. The van der Waals surface area contributed by atoms with Crippen molar-refractivity contribution in [3.8, 4) is 10.6 Å². The molecule has 0 aliphatic rings. The Kier molecular flexibility index (Phi) is 2.58. The standard InChI is InChI=1S/C8H5Cl2N3S/c9-4-1-2-14-7(4)6-5(11)8(10)13-3-12-6/h1-3H,11H2. The summed E-state index contributed by atoms with van der Waals surface area (Å²) in [6, 6.07) is 1.79. The van der Waals surface area contributed by atoms with Crippen LogP contribution in [0.2, 0.25) is 10.2 Å². The number of nitrogens with two attached hydrogens (primary N) is 1. The Labute approximate surface area is 94.5 Å². The van der Waals surface area contributed by atoms with E-state index >= 15 is 0 Å². The highest BCUT2D eigenvalue weighted by Gasteiger charge is 2.12. The van der Waals surface area contributed by atoms with Gasteiger partial charge < -0.3 is 5.73 Å². The van der Waals surface area contributed by atoms with Gasteiger partial charge in [-0.05, 0) is 11.4 Å². The monoisotopic (exact) mass is 245 g/mol.